The minimum absolute atomic E-state index is 0.0139. The van der Waals surface area contributed by atoms with E-state index < -0.39 is 0 Å². The molecule has 172 valence electrons. The second-order valence-electron chi connectivity index (χ2n) is 8.96. The second kappa shape index (κ2) is 8.32. The van der Waals surface area contributed by atoms with Crippen LogP contribution in [0.25, 0.3) is 11.0 Å². The molecule has 0 saturated carbocycles. The first kappa shape index (κ1) is 21.0. The Hall–Kier alpha value is -3.59. The molecule has 6 rings (SSSR count). The van der Waals surface area contributed by atoms with Crippen LogP contribution in [-0.2, 0) is 6.42 Å². The molecular formula is C25H23N5O3S. The summed E-state index contributed by atoms with van der Waals surface area (Å²) >= 11 is 1.55. The molecule has 34 heavy (non-hydrogen) atoms. The molecule has 2 aromatic heterocycles. The Kier molecular flexibility index (Phi) is 5.13. The third-order valence-electron chi connectivity index (χ3n) is 6.80. The lowest BCUT2D eigenvalue weighted by Gasteiger charge is -2.31. The molecule has 8 nitrogen and oxygen atoms in total. The largest absolute Gasteiger partial charge is 0.339 e. The van der Waals surface area contributed by atoms with Crippen molar-refractivity contribution in [1.82, 2.24) is 20.2 Å². The predicted molar refractivity (Wildman–Crippen MR) is 128 cm³/mol. The molecule has 0 N–H and O–H groups in total. The standard InChI is InChI=1S/C25H23N5O3S/c1-15-12-17-4-2-3-5-22(17)30(15)25(32)21-14-34-23(26-21)16-8-10-29(11-9-16)24(31)18-6-7-19-20(13-18)28-33-27-19/h2-7,13-16H,8-12H2,1H3. The second-order valence-corrected chi connectivity index (χ2v) is 9.85. The zero-order valence-electron chi connectivity index (χ0n) is 18.7. The first-order chi connectivity index (χ1) is 16.6. The zero-order chi connectivity index (χ0) is 23.2. The first-order valence-corrected chi connectivity index (χ1v) is 12.3. The van der Waals surface area contributed by atoms with Gasteiger partial charge in [0.1, 0.15) is 16.7 Å². The number of anilines is 1. The van der Waals surface area contributed by atoms with E-state index >= 15 is 0 Å². The number of benzene rings is 2. The van der Waals surface area contributed by atoms with Gasteiger partial charge in [-0.2, -0.15) is 0 Å². The molecule has 2 aromatic carbocycles. The van der Waals surface area contributed by atoms with E-state index in [0.29, 0.717) is 35.4 Å². The van der Waals surface area contributed by atoms with Gasteiger partial charge in [0, 0.05) is 41.7 Å². The number of nitrogens with zero attached hydrogens (tertiary/aromatic N) is 5. The van der Waals surface area contributed by atoms with Crippen molar-refractivity contribution in [2.24, 2.45) is 0 Å². The lowest BCUT2D eigenvalue weighted by atomic mass is 9.97. The third-order valence-corrected chi connectivity index (χ3v) is 7.81. The zero-order valence-corrected chi connectivity index (χ0v) is 19.5. The highest BCUT2D eigenvalue weighted by molar-refractivity contribution is 7.10. The van der Waals surface area contributed by atoms with Crippen LogP contribution in [0.4, 0.5) is 5.69 Å². The van der Waals surface area contributed by atoms with E-state index in [1.807, 2.05) is 33.4 Å². The van der Waals surface area contributed by atoms with Crippen LogP contribution in [0.2, 0.25) is 0 Å². The maximum atomic E-state index is 13.3. The minimum atomic E-state index is -0.0368. The summed E-state index contributed by atoms with van der Waals surface area (Å²) in [7, 11) is 0. The first-order valence-electron chi connectivity index (χ1n) is 11.5. The fourth-order valence-corrected chi connectivity index (χ4v) is 5.96. The number of aromatic nitrogens is 3. The molecule has 4 heterocycles. The molecule has 9 heteroatoms. The van der Waals surface area contributed by atoms with Crippen molar-refractivity contribution in [3.8, 4) is 0 Å². The smallest absolute Gasteiger partial charge is 0.278 e. The number of piperidine rings is 1. The van der Waals surface area contributed by atoms with Gasteiger partial charge in [-0.3, -0.25) is 9.59 Å². The molecular weight excluding hydrogens is 450 g/mol. The Morgan fingerprint density at radius 3 is 2.68 bits per heavy atom. The predicted octanol–water partition coefficient (Wildman–Crippen LogP) is 4.29. The number of fused-ring (bicyclic) bond motifs is 2. The van der Waals surface area contributed by atoms with Crippen molar-refractivity contribution in [2.45, 2.75) is 38.1 Å². The normalized spacial score (nSPS) is 18.4. The SMILES string of the molecule is CC1Cc2ccccc2N1C(=O)c1csc(C2CCN(C(=O)c3ccc4nonc4c3)CC2)n1. The van der Waals surface area contributed by atoms with E-state index in [0.717, 1.165) is 30.0 Å². The molecule has 0 aliphatic carbocycles. The summed E-state index contributed by atoms with van der Waals surface area (Å²) in [5.74, 6) is 0.200. The van der Waals surface area contributed by atoms with Crippen molar-refractivity contribution in [3.63, 3.8) is 0 Å². The van der Waals surface area contributed by atoms with Crippen molar-refractivity contribution in [1.29, 1.82) is 0 Å². The van der Waals surface area contributed by atoms with E-state index in [1.54, 1.807) is 29.5 Å². The van der Waals surface area contributed by atoms with E-state index in [2.05, 4.69) is 23.3 Å². The van der Waals surface area contributed by atoms with Crippen LogP contribution in [0.3, 0.4) is 0 Å². The summed E-state index contributed by atoms with van der Waals surface area (Å²) in [6.07, 6.45) is 2.51. The average Bonchev–Trinajstić information content (AvgIpc) is 3.60. The van der Waals surface area contributed by atoms with Crippen LogP contribution in [-0.4, -0.2) is 51.1 Å². The number of hydrogen-bond acceptors (Lipinski definition) is 7. The molecule has 2 amide bonds. The maximum absolute atomic E-state index is 13.3. The Labute approximate surface area is 200 Å². The Morgan fingerprint density at radius 2 is 1.82 bits per heavy atom. The van der Waals surface area contributed by atoms with Crippen molar-refractivity contribution in [3.05, 3.63) is 69.7 Å². The Bertz CT molecular complexity index is 1390. The molecule has 4 aromatic rings. The number of para-hydroxylation sites is 1. The topological polar surface area (TPSA) is 92.4 Å². The van der Waals surface area contributed by atoms with Crippen molar-refractivity contribution in [2.75, 3.05) is 18.0 Å². The van der Waals surface area contributed by atoms with Gasteiger partial charge in [-0.15, -0.1) is 11.3 Å². The van der Waals surface area contributed by atoms with Crippen LogP contribution in [0.5, 0.6) is 0 Å². The van der Waals surface area contributed by atoms with Crippen LogP contribution >= 0.6 is 11.3 Å². The fraction of sp³-hybridized carbons (Fsp3) is 0.320. The van der Waals surface area contributed by atoms with Gasteiger partial charge in [-0.05, 0) is 66.3 Å². The number of amides is 2. The maximum Gasteiger partial charge on any atom is 0.278 e. The fourth-order valence-electron chi connectivity index (χ4n) is 5.00. The number of rotatable bonds is 3. The third kappa shape index (κ3) is 3.56. The Balaban J connectivity index is 1.12. The molecule has 1 fully saturated rings. The number of likely N-dealkylation sites (tertiary alicyclic amines) is 1. The summed E-state index contributed by atoms with van der Waals surface area (Å²) in [6, 6.07) is 13.4. The number of thiazole rings is 1. The van der Waals surface area contributed by atoms with Gasteiger partial charge >= 0.3 is 0 Å². The van der Waals surface area contributed by atoms with Crippen molar-refractivity contribution < 1.29 is 14.2 Å². The van der Waals surface area contributed by atoms with Crippen molar-refractivity contribution >= 4 is 39.9 Å². The summed E-state index contributed by atoms with van der Waals surface area (Å²) in [5.41, 5.74) is 4.50. The van der Waals surface area contributed by atoms with Gasteiger partial charge < -0.3 is 9.80 Å². The monoisotopic (exact) mass is 473 g/mol. The highest BCUT2D eigenvalue weighted by Gasteiger charge is 2.33. The van der Waals surface area contributed by atoms with Gasteiger partial charge in [-0.1, -0.05) is 18.2 Å². The molecule has 1 atom stereocenters. The number of carbonyl (C=O) groups excluding carboxylic acids is 2. The summed E-state index contributed by atoms with van der Waals surface area (Å²) < 4.78 is 4.72. The highest BCUT2D eigenvalue weighted by Crippen LogP contribution is 2.35. The van der Waals surface area contributed by atoms with E-state index in [1.165, 1.54) is 5.56 Å². The summed E-state index contributed by atoms with van der Waals surface area (Å²) in [6.45, 7) is 3.38. The summed E-state index contributed by atoms with van der Waals surface area (Å²) in [5, 5.41) is 10.5. The molecule has 2 aliphatic rings. The van der Waals surface area contributed by atoms with Crippen LogP contribution in [0, 0.1) is 0 Å². The van der Waals surface area contributed by atoms with Gasteiger partial charge in [-0.25, -0.2) is 9.61 Å². The van der Waals surface area contributed by atoms with Gasteiger partial charge in [0.05, 0.1) is 5.01 Å². The number of carbonyl (C=O) groups is 2. The minimum Gasteiger partial charge on any atom is -0.339 e. The van der Waals surface area contributed by atoms with Crippen LogP contribution in [0.15, 0.2) is 52.5 Å². The van der Waals surface area contributed by atoms with Gasteiger partial charge in [0.15, 0.2) is 0 Å². The number of hydrogen-bond donors (Lipinski definition) is 0. The lowest BCUT2D eigenvalue weighted by molar-refractivity contribution is 0.0713. The molecule has 0 radical (unpaired) electrons. The molecule has 0 bridgehead atoms. The Morgan fingerprint density at radius 1 is 1.03 bits per heavy atom. The average molecular weight is 474 g/mol. The van der Waals surface area contributed by atoms with Crippen LogP contribution in [0.1, 0.15) is 57.1 Å². The lowest BCUT2D eigenvalue weighted by Crippen LogP contribution is -2.38. The van der Waals surface area contributed by atoms with Crippen LogP contribution < -0.4 is 4.90 Å². The van der Waals surface area contributed by atoms with E-state index in [-0.39, 0.29) is 23.8 Å². The van der Waals surface area contributed by atoms with E-state index in [9.17, 15) is 9.59 Å². The highest BCUT2D eigenvalue weighted by atomic mass is 32.1. The molecule has 2 aliphatic heterocycles. The van der Waals surface area contributed by atoms with E-state index in [4.69, 9.17) is 9.61 Å². The molecule has 1 saturated heterocycles. The van der Waals surface area contributed by atoms with Gasteiger partial charge in [0.2, 0.25) is 0 Å². The van der Waals surface area contributed by atoms with Gasteiger partial charge in [0.25, 0.3) is 11.8 Å². The summed E-state index contributed by atoms with van der Waals surface area (Å²) in [4.78, 5) is 34.7. The molecule has 0 spiro atoms. The quantitative estimate of drug-likeness (QED) is 0.441. The molecule has 1 unspecified atom stereocenters.